The van der Waals surface area contributed by atoms with Crippen LogP contribution in [0, 0.1) is 0 Å². The smallest absolute Gasteiger partial charge is 0.244 e. The Morgan fingerprint density at radius 3 is 2.71 bits per heavy atom. The maximum atomic E-state index is 12.6. The van der Waals surface area contributed by atoms with Crippen molar-refractivity contribution in [1.29, 1.82) is 0 Å². The number of halogens is 1. The SMILES string of the molecule is CCNc1ncc(S(=O)(=O)N(C)C(C)CCSC)cc1Cl. The van der Waals surface area contributed by atoms with Gasteiger partial charge in [0.25, 0.3) is 0 Å². The van der Waals surface area contributed by atoms with Crippen LogP contribution in [0.3, 0.4) is 0 Å². The van der Waals surface area contributed by atoms with Crippen LogP contribution in [0.5, 0.6) is 0 Å². The van der Waals surface area contributed by atoms with E-state index in [1.807, 2.05) is 20.1 Å². The Bertz CT molecular complexity index is 567. The first-order valence-electron chi connectivity index (χ1n) is 6.71. The number of rotatable bonds is 8. The van der Waals surface area contributed by atoms with E-state index in [4.69, 9.17) is 11.6 Å². The lowest BCUT2D eigenvalue weighted by atomic mass is 10.3. The zero-order chi connectivity index (χ0) is 16.0. The minimum Gasteiger partial charge on any atom is -0.369 e. The highest BCUT2D eigenvalue weighted by molar-refractivity contribution is 7.98. The van der Waals surface area contributed by atoms with Crippen LogP contribution in [0.4, 0.5) is 5.82 Å². The predicted molar refractivity (Wildman–Crippen MR) is 90.8 cm³/mol. The van der Waals surface area contributed by atoms with Gasteiger partial charge in [-0.1, -0.05) is 11.6 Å². The molecule has 0 amide bonds. The van der Waals surface area contributed by atoms with E-state index in [1.54, 1.807) is 18.8 Å². The van der Waals surface area contributed by atoms with E-state index in [0.717, 1.165) is 12.2 Å². The molecule has 8 heteroatoms. The molecule has 0 radical (unpaired) electrons. The van der Waals surface area contributed by atoms with Gasteiger partial charge in [-0.15, -0.1) is 0 Å². The van der Waals surface area contributed by atoms with E-state index >= 15 is 0 Å². The van der Waals surface area contributed by atoms with Crippen molar-refractivity contribution in [2.75, 3.05) is 30.9 Å². The number of anilines is 1. The van der Waals surface area contributed by atoms with Crippen LogP contribution in [0.25, 0.3) is 0 Å². The van der Waals surface area contributed by atoms with Crippen molar-refractivity contribution in [2.45, 2.75) is 31.2 Å². The van der Waals surface area contributed by atoms with Gasteiger partial charge >= 0.3 is 0 Å². The normalized spacial score (nSPS) is 13.4. The van der Waals surface area contributed by atoms with Crippen LogP contribution in [0.1, 0.15) is 20.3 Å². The molecule has 0 saturated heterocycles. The third-order valence-corrected chi connectivity index (χ3v) is 6.07. The largest absolute Gasteiger partial charge is 0.369 e. The maximum Gasteiger partial charge on any atom is 0.244 e. The van der Waals surface area contributed by atoms with Gasteiger partial charge in [-0.3, -0.25) is 0 Å². The average Bonchev–Trinajstić information content (AvgIpc) is 2.46. The van der Waals surface area contributed by atoms with Crippen LogP contribution < -0.4 is 5.32 Å². The zero-order valence-corrected chi connectivity index (χ0v) is 15.1. The molecule has 0 bridgehead atoms. The topological polar surface area (TPSA) is 62.3 Å². The molecule has 0 spiro atoms. The Morgan fingerprint density at radius 1 is 1.52 bits per heavy atom. The van der Waals surface area contributed by atoms with Crippen molar-refractivity contribution in [2.24, 2.45) is 0 Å². The fourth-order valence-electron chi connectivity index (χ4n) is 1.73. The molecule has 0 aromatic carbocycles. The Morgan fingerprint density at radius 2 is 2.19 bits per heavy atom. The lowest BCUT2D eigenvalue weighted by molar-refractivity contribution is 0.382. The molecule has 0 aliphatic rings. The van der Waals surface area contributed by atoms with E-state index in [9.17, 15) is 8.42 Å². The Balaban J connectivity index is 2.99. The highest BCUT2D eigenvalue weighted by Gasteiger charge is 2.26. The summed E-state index contributed by atoms with van der Waals surface area (Å²) in [6.45, 7) is 4.49. The molecule has 1 atom stereocenters. The summed E-state index contributed by atoms with van der Waals surface area (Å²) in [6, 6.07) is 1.37. The van der Waals surface area contributed by atoms with Crippen molar-refractivity contribution >= 4 is 39.2 Å². The number of hydrogen-bond acceptors (Lipinski definition) is 5. The Labute approximate surface area is 136 Å². The molecule has 120 valence electrons. The maximum absolute atomic E-state index is 12.6. The van der Waals surface area contributed by atoms with Crippen LogP contribution in [-0.2, 0) is 10.0 Å². The van der Waals surface area contributed by atoms with Crippen molar-refractivity contribution in [3.05, 3.63) is 17.3 Å². The number of nitrogens with one attached hydrogen (secondary N) is 1. The van der Waals surface area contributed by atoms with Crippen molar-refractivity contribution in [1.82, 2.24) is 9.29 Å². The van der Waals surface area contributed by atoms with E-state index in [1.165, 1.54) is 16.6 Å². The molecule has 5 nitrogen and oxygen atoms in total. The number of sulfonamides is 1. The highest BCUT2D eigenvalue weighted by atomic mass is 35.5. The molecule has 1 heterocycles. The molecule has 1 aromatic heterocycles. The third kappa shape index (κ3) is 4.74. The van der Waals surface area contributed by atoms with Crippen LogP contribution in [0.2, 0.25) is 5.02 Å². The zero-order valence-electron chi connectivity index (χ0n) is 12.8. The minimum absolute atomic E-state index is 0.0744. The molecular formula is C13H22ClN3O2S2. The molecule has 0 aliphatic carbocycles. The first-order valence-corrected chi connectivity index (χ1v) is 9.92. The van der Waals surface area contributed by atoms with Gasteiger partial charge in [0.1, 0.15) is 10.7 Å². The second-order valence-electron chi connectivity index (χ2n) is 4.68. The summed E-state index contributed by atoms with van der Waals surface area (Å²) in [4.78, 5) is 4.20. The summed E-state index contributed by atoms with van der Waals surface area (Å²) in [5, 5.41) is 3.29. The van der Waals surface area contributed by atoms with Gasteiger partial charge in [-0.25, -0.2) is 13.4 Å². The number of aromatic nitrogens is 1. The van der Waals surface area contributed by atoms with Gasteiger partial charge in [0.05, 0.1) is 5.02 Å². The predicted octanol–water partition coefficient (Wildman–Crippen LogP) is 2.93. The minimum atomic E-state index is -3.57. The van der Waals surface area contributed by atoms with E-state index < -0.39 is 10.0 Å². The molecule has 1 N–H and O–H groups in total. The molecule has 0 aliphatic heterocycles. The summed E-state index contributed by atoms with van der Waals surface area (Å²) in [5.74, 6) is 1.41. The lowest BCUT2D eigenvalue weighted by Crippen LogP contribution is -2.35. The number of hydrogen-bond donors (Lipinski definition) is 1. The fraction of sp³-hybridized carbons (Fsp3) is 0.615. The van der Waals surface area contributed by atoms with Gasteiger partial charge in [0.2, 0.25) is 10.0 Å². The molecule has 0 saturated carbocycles. The van der Waals surface area contributed by atoms with Crippen molar-refractivity contribution in [3.8, 4) is 0 Å². The summed E-state index contributed by atoms with van der Waals surface area (Å²) in [5.41, 5.74) is 0. The Kier molecular flexibility index (Phi) is 7.26. The fourth-order valence-corrected chi connectivity index (χ4v) is 3.97. The first-order chi connectivity index (χ1) is 9.84. The molecule has 1 aromatic rings. The Hall–Kier alpha value is -0.500. The van der Waals surface area contributed by atoms with Crippen LogP contribution in [-0.4, -0.2) is 49.3 Å². The second kappa shape index (κ2) is 8.22. The standard InChI is InChI=1S/C13H22ClN3O2S2/c1-5-15-13-12(14)8-11(9-16-13)21(18,19)17(3)10(2)6-7-20-4/h8-10H,5-7H2,1-4H3,(H,15,16). The second-order valence-corrected chi connectivity index (χ2v) is 8.07. The summed E-state index contributed by atoms with van der Waals surface area (Å²) >= 11 is 7.77. The molecule has 0 fully saturated rings. The van der Waals surface area contributed by atoms with E-state index in [0.29, 0.717) is 17.4 Å². The summed E-state index contributed by atoms with van der Waals surface area (Å²) < 4.78 is 26.5. The highest BCUT2D eigenvalue weighted by Crippen LogP contribution is 2.25. The third-order valence-electron chi connectivity index (χ3n) is 3.20. The van der Waals surface area contributed by atoms with Gasteiger partial charge in [0, 0.05) is 25.8 Å². The van der Waals surface area contributed by atoms with E-state index in [-0.39, 0.29) is 10.9 Å². The van der Waals surface area contributed by atoms with Crippen LogP contribution >= 0.6 is 23.4 Å². The molecule has 21 heavy (non-hydrogen) atoms. The monoisotopic (exact) mass is 351 g/mol. The van der Waals surface area contributed by atoms with Gasteiger partial charge in [-0.2, -0.15) is 16.1 Å². The molecular weight excluding hydrogens is 330 g/mol. The first kappa shape index (κ1) is 18.5. The van der Waals surface area contributed by atoms with Crippen LogP contribution in [0.15, 0.2) is 17.2 Å². The number of pyridine rings is 1. The number of thioether (sulfide) groups is 1. The molecule has 1 unspecified atom stereocenters. The van der Waals surface area contributed by atoms with Gasteiger partial charge in [0.15, 0.2) is 0 Å². The number of nitrogens with zero attached hydrogens (tertiary/aromatic N) is 2. The average molecular weight is 352 g/mol. The van der Waals surface area contributed by atoms with E-state index in [2.05, 4.69) is 10.3 Å². The quantitative estimate of drug-likeness (QED) is 0.780. The van der Waals surface area contributed by atoms with Gasteiger partial charge < -0.3 is 5.32 Å². The summed E-state index contributed by atoms with van der Waals surface area (Å²) in [6.07, 6.45) is 4.15. The van der Waals surface area contributed by atoms with Crippen molar-refractivity contribution in [3.63, 3.8) is 0 Å². The lowest BCUT2D eigenvalue weighted by Gasteiger charge is -2.24. The van der Waals surface area contributed by atoms with Crippen molar-refractivity contribution < 1.29 is 8.42 Å². The van der Waals surface area contributed by atoms with Gasteiger partial charge in [-0.05, 0) is 38.3 Å². The summed E-state index contributed by atoms with van der Waals surface area (Å²) in [7, 11) is -1.98. The molecule has 1 rings (SSSR count).